The van der Waals surface area contributed by atoms with Gasteiger partial charge in [0.05, 0.1) is 6.61 Å². The standard InChI is InChI=1S/C20H29N3O4/c1-14(2)13-27-20(25)23-18(19(24)21-9-6-10-26-3)11-15-12-22-17-8-5-4-7-16(15)17/h4-5,7-8,12,14,18,22H,6,9-11,13H2,1-3H3,(H,21,24)(H,23,25)/t18-/m0/s1. The third-order valence-electron chi connectivity index (χ3n) is 4.08. The van der Waals surface area contributed by atoms with E-state index in [1.165, 1.54) is 0 Å². The van der Waals surface area contributed by atoms with Crippen LogP contribution >= 0.6 is 0 Å². The predicted octanol–water partition coefficient (Wildman–Crippen LogP) is 2.61. The van der Waals surface area contributed by atoms with Gasteiger partial charge in [0.1, 0.15) is 6.04 Å². The van der Waals surface area contributed by atoms with Gasteiger partial charge in [-0.05, 0) is 24.0 Å². The molecule has 0 radical (unpaired) electrons. The Morgan fingerprint density at radius 1 is 1.22 bits per heavy atom. The second kappa shape index (κ2) is 10.6. The largest absolute Gasteiger partial charge is 0.449 e. The van der Waals surface area contributed by atoms with Gasteiger partial charge in [-0.25, -0.2) is 4.79 Å². The molecule has 0 aliphatic heterocycles. The Kier molecular flexibility index (Phi) is 8.13. The Morgan fingerprint density at radius 3 is 2.74 bits per heavy atom. The van der Waals surface area contributed by atoms with Crippen molar-refractivity contribution in [3.05, 3.63) is 36.0 Å². The summed E-state index contributed by atoms with van der Waals surface area (Å²) in [5.41, 5.74) is 1.96. The van der Waals surface area contributed by atoms with Crippen molar-refractivity contribution < 1.29 is 19.1 Å². The average Bonchev–Trinajstić information content (AvgIpc) is 3.06. The molecule has 1 atom stereocenters. The van der Waals surface area contributed by atoms with Gasteiger partial charge in [-0.1, -0.05) is 32.0 Å². The minimum absolute atomic E-state index is 0.227. The van der Waals surface area contributed by atoms with Crippen LogP contribution < -0.4 is 10.6 Å². The molecule has 1 aromatic carbocycles. The Morgan fingerprint density at radius 2 is 2.00 bits per heavy atom. The summed E-state index contributed by atoms with van der Waals surface area (Å²) in [5, 5.41) is 6.58. The molecule has 0 saturated carbocycles. The number of carbonyl (C=O) groups excluding carboxylic acids is 2. The van der Waals surface area contributed by atoms with Gasteiger partial charge in [0.25, 0.3) is 0 Å². The van der Waals surface area contributed by atoms with Gasteiger partial charge in [0, 0.05) is 43.8 Å². The highest BCUT2D eigenvalue weighted by Gasteiger charge is 2.23. The van der Waals surface area contributed by atoms with Gasteiger partial charge in [0.15, 0.2) is 0 Å². The summed E-state index contributed by atoms with van der Waals surface area (Å²) in [6.07, 6.45) is 2.37. The van der Waals surface area contributed by atoms with Gasteiger partial charge < -0.3 is 25.1 Å². The number of nitrogens with one attached hydrogen (secondary N) is 3. The number of aromatic amines is 1. The number of benzene rings is 1. The van der Waals surface area contributed by atoms with Crippen LogP contribution in [0.4, 0.5) is 4.79 Å². The number of para-hydroxylation sites is 1. The van der Waals surface area contributed by atoms with E-state index >= 15 is 0 Å². The number of H-pyrrole nitrogens is 1. The molecule has 2 aromatic rings. The molecule has 0 bridgehead atoms. The minimum Gasteiger partial charge on any atom is -0.449 e. The number of ether oxygens (including phenoxy) is 2. The molecule has 3 N–H and O–H groups in total. The summed E-state index contributed by atoms with van der Waals surface area (Å²) < 4.78 is 10.2. The molecule has 2 amide bonds. The lowest BCUT2D eigenvalue weighted by atomic mass is 10.0. The molecule has 1 heterocycles. The highest BCUT2D eigenvalue weighted by molar-refractivity contribution is 5.88. The van der Waals surface area contributed by atoms with Crippen LogP contribution in [-0.4, -0.2) is 49.9 Å². The van der Waals surface area contributed by atoms with Crippen molar-refractivity contribution in [2.24, 2.45) is 5.92 Å². The SMILES string of the molecule is COCCCNC(=O)[C@H](Cc1c[nH]c2ccccc12)NC(=O)OCC(C)C. The van der Waals surface area contributed by atoms with Crippen molar-refractivity contribution in [1.82, 2.24) is 15.6 Å². The predicted molar refractivity (Wildman–Crippen MR) is 105 cm³/mol. The summed E-state index contributed by atoms with van der Waals surface area (Å²) in [7, 11) is 1.62. The Bertz CT molecular complexity index is 742. The topological polar surface area (TPSA) is 92.5 Å². The maximum atomic E-state index is 12.6. The smallest absolute Gasteiger partial charge is 0.407 e. The number of fused-ring (bicyclic) bond motifs is 1. The quantitative estimate of drug-likeness (QED) is 0.557. The number of aromatic nitrogens is 1. The molecule has 0 saturated heterocycles. The molecular weight excluding hydrogens is 346 g/mol. The molecule has 0 spiro atoms. The third kappa shape index (κ3) is 6.60. The highest BCUT2D eigenvalue weighted by atomic mass is 16.5. The van der Waals surface area contributed by atoms with Gasteiger partial charge in [0.2, 0.25) is 5.91 Å². The van der Waals surface area contributed by atoms with Crippen molar-refractivity contribution in [1.29, 1.82) is 0 Å². The van der Waals surface area contributed by atoms with Gasteiger partial charge in [-0.2, -0.15) is 0 Å². The normalized spacial score (nSPS) is 12.1. The van der Waals surface area contributed by atoms with Crippen LogP contribution in [0, 0.1) is 5.92 Å². The van der Waals surface area contributed by atoms with E-state index in [1.54, 1.807) is 7.11 Å². The molecule has 7 nitrogen and oxygen atoms in total. The van der Waals surface area contributed by atoms with Crippen molar-refractivity contribution in [3.8, 4) is 0 Å². The first kappa shape index (κ1) is 20.8. The summed E-state index contributed by atoms with van der Waals surface area (Å²) in [6.45, 7) is 5.27. The number of methoxy groups -OCH3 is 1. The lowest BCUT2D eigenvalue weighted by molar-refractivity contribution is -0.123. The van der Waals surface area contributed by atoms with Gasteiger partial charge in [-0.15, -0.1) is 0 Å². The fourth-order valence-electron chi connectivity index (χ4n) is 2.71. The van der Waals surface area contributed by atoms with E-state index in [4.69, 9.17) is 9.47 Å². The van der Waals surface area contributed by atoms with Crippen LogP contribution in [0.15, 0.2) is 30.5 Å². The molecule has 0 aliphatic carbocycles. The molecule has 1 aromatic heterocycles. The van der Waals surface area contributed by atoms with E-state index < -0.39 is 12.1 Å². The molecule has 27 heavy (non-hydrogen) atoms. The van der Waals surface area contributed by atoms with Gasteiger partial charge >= 0.3 is 6.09 Å². The first-order valence-electron chi connectivity index (χ1n) is 9.26. The van der Waals surface area contributed by atoms with Crippen LogP contribution in [0.5, 0.6) is 0 Å². The fourth-order valence-corrected chi connectivity index (χ4v) is 2.71. The Balaban J connectivity index is 2.05. The number of carbonyl (C=O) groups is 2. The molecule has 0 aliphatic rings. The van der Waals surface area contributed by atoms with E-state index in [2.05, 4.69) is 15.6 Å². The zero-order chi connectivity index (χ0) is 19.6. The van der Waals surface area contributed by atoms with Crippen LogP contribution in [0.1, 0.15) is 25.8 Å². The van der Waals surface area contributed by atoms with Crippen LogP contribution in [0.25, 0.3) is 10.9 Å². The molecule has 0 unspecified atom stereocenters. The Labute approximate surface area is 159 Å². The second-order valence-electron chi connectivity index (χ2n) is 6.89. The first-order valence-corrected chi connectivity index (χ1v) is 9.26. The second-order valence-corrected chi connectivity index (χ2v) is 6.89. The monoisotopic (exact) mass is 375 g/mol. The molecule has 148 valence electrons. The lowest BCUT2D eigenvalue weighted by Gasteiger charge is -2.18. The number of hydrogen-bond donors (Lipinski definition) is 3. The van der Waals surface area contributed by atoms with E-state index in [0.29, 0.717) is 32.6 Å². The fraction of sp³-hybridized carbons (Fsp3) is 0.500. The number of rotatable bonds is 10. The summed E-state index contributed by atoms with van der Waals surface area (Å²) in [6, 6.07) is 7.15. The third-order valence-corrected chi connectivity index (χ3v) is 4.08. The van der Waals surface area contributed by atoms with Crippen LogP contribution in [0.2, 0.25) is 0 Å². The van der Waals surface area contributed by atoms with Gasteiger partial charge in [-0.3, -0.25) is 4.79 Å². The lowest BCUT2D eigenvalue weighted by Crippen LogP contribution is -2.48. The maximum absolute atomic E-state index is 12.6. The maximum Gasteiger partial charge on any atom is 0.407 e. The van der Waals surface area contributed by atoms with Crippen LogP contribution in [0.3, 0.4) is 0 Å². The van der Waals surface area contributed by atoms with E-state index in [0.717, 1.165) is 16.5 Å². The number of amides is 2. The average molecular weight is 375 g/mol. The molecular formula is C20H29N3O4. The van der Waals surface area contributed by atoms with Crippen molar-refractivity contribution >= 4 is 22.9 Å². The van der Waals surface area contributed by atoms with E-state index in [9.17, 15) is 9.59 Å². The molecule has 7 heteroatoms. The number of hydrogen-bond acceptors (Lipinski definition) is 4. The van der Waals surface area contributed by atoms with Crippen molar-refractivity contribution in [2.75, 3.05) is 26.9 Å². The van der Waals surface area contributed by atoms with Crippen molar-refractivity contribution in [2.45, 2.75) is 32.7 Å². The first-order chi connectivity index (χ1) is 13.0. The molecule has 0 fully saturated rings. The van der Waals surface area contributed by atoms with Crippen LogP contribution in [-0.2, 0) is 20.7 Å². The minimum atomic E-state index is -0.716. The van der Waals surface area contributed by atoms with E-state index in [-0.39, 0.29) is 11.8 Å². The summed E-state index contributed by atoms with van der Waals surface area (Å²) in [5.74, 6) is -0.0106. The Hall–Kier alpha value is -2.54. The van der Waals surface area contributed by atoms with E-state index in [1.807, 2.05) is 44.3 Å². The zero-order valence-electron chi connectivity index (χ0n) is 16.2. The summed E-state index contributed by atoms with van der Waals surface area (Å²) in [4.78, 5) is 27.9. The highest BCUT2D eigenvalue weighted by Crippen LogP contribution is 2.19. The number of alkyl carbamates (subject to hydrolysis) is 1. The molecule has 2 rings (SSSR count). The zero-order valence-corrected chi connectivity index (χ0v) is 16.2. The summed E-state index contributed by atoms with van der Waals surface area (Å²) >= 11 is 0. The van der Waals surface area contributed by atoms with Crippen molar-refractivity contribution in [3.63, 3.8) is 0 Å².